The molecule has 5 nitrogen and oxygen atoms in total. The Labute approximate surface area is 101 Å². The average molecular weight is 238 g/mol. The van der Waals surface area contributed by atoms with Gasteiger partial charge in [0.25, 0.3) is 0 Å². The van der Waals surface area contributed by atoms with Crippen LogP contribution in [0, 0.1) is 6.92 Å². The van der Waals surface area contributed by atoms with Crippen molar-refractivity contribution in [3.63, 3.8) is 0 Å². The van der Waals surface area contributed by atoms with Crippen LogP contribution in [-0.4, -0.2) is 35.0 Å². The molecule has 1 aromatic heterocycles. The van der Waals surface area contributed by atoms with Crippen molar-refractivity contribution in [3.05, 3.63) is 17.8 Å². The third kappa shape index (κ3) is 2.66. The van der Waals surface area contributed by atoms with E-state index in [-0.39, 0.29) is 12.0 Å². The molecule has 2 rings (SSSR count). The molecule has 0 spiro atoms. The topological polar surface area (TPSA) is 55.6 Å². The van der Waals surface area contributed by atoms with Crippen LogP contribution in [0.4, 0.5) is 0 Å². The first-order valence-electron chi connectivity index (χ1n) is 6.02. The molecule has 94 valence electrons. The van der Waals surface area contributed by atoms with Gasteiger partial charge in [-0.2, -0.15) is 0 Å². The lowest BCUT2D eigenvalue weighted by Crippen LogP contribution is -2.37. The zero-order valence-electron chi connectivity index (χ0n) is 10.3. The lowest BCUT2D eigenvalue weighted by Gasteiger charge is -2.21. The first-order valence-corrected chi connectivity index (χ1v) is 6.02. The molecule has 0 radical (unpaired) electrons. The summed E-state index contributed by atoms with van der Waals surface area (Å²) in [5.41, 5.74) is 0.904. The summed E-state index contributed by atoms with van der Waals surface area (Å²) in [5.74, 6) is 0.700. The van der Waals surface area contributed by atoms with Crippen molar-refractivity contribution >= 4 is 5.97 Å². The first-order chi connectivity index (χ1) is 8.22. The third-order valence-electron chi connectivity index (χ3n) is 3.12. The van der Waals surface area contributed by atoms with E-state index < -0.39 is 0 Å². The number of aromatic nitrogens is 1. The normalized spacial score (nSPS) is 20.7. The van der Waals surface area contributed by atoms with Crippen LogP contribution in [0.3, 0.4) is 0 Å². The lowest BCUT2D eigenvalue weighted by molar-refractivity contribution is -0.148. The molecule has 1 unspecified atom stereocenters. The highest BCUT2D eigenvalue weighted by Gasteiger charge is 2.32. The molecule has 2 heterocycles. The molecule has 0 bridgehead atoms. The van der Waals surface area contributed by atoms with E-state index in [1.54, 1.807) is 0 Å². The molecule has 0 aromatic carbocycles. The minimum atomic E-state index is -0.119. The molecule has 0 amide bonds. The molecule has 0 N–H and O–H groups in total. The lowest BCUT2D eigenvalue weighted by atomic mass is 10.2. The van der Waals surface area contributed by atoms with Crippen molar-refractivity contribution in [2.24, 2.45) is 0 Å². The first kappa shape index (κ1) is 12.1. The predicted molar refractivity (Wildman–Crippen MR) is 61.3 cm³/mol. The van der Waals surface area contributed by atoms with Gasteiger partial charge in [0, 0.05) is 6.54 Å². The molecule has 1 aliphatic heterocycles. The molecule has 1 atom stereocenters. The fourth-order valence-corrected chi connectivity index (χ4v) is 2.19. The zero-order valence-corrected chi connectivity index (χ0v) is 10.3. The Morgan fingerprint density at radius 2 is 2.53 bits per heavy atom. The number of aryl methyl sites for hydroxylation is 1. The van der Waals surface area contributed by atoms with E-state index in [9.17, 15) is 4.79 Å². The van der Waals surface area contributed by atoms with Gasteiger partial charge < -0.3 is 9.15 Å². The summed E-state index contributed by atoms with van der Waals surface area (Å²) in [5, 5.41) is 0. The number of nitrogens with zero attached hydrogens (tertiary/aromatic N) is 2. The smallest absolute Gasteiger partial charge is 0.323 e. The maximum absolute atomic E-state index is 11.8. The van der Waals surface area contributed by atoms with Gasteiger partial charge in [0.05, 0.1) is 12.3 Å². The second-order valence-electron chi connectivity index (χ2n) is 4.24. The number of ether oxygens (including phenoxy) is 1. The van der Waals surface area contributed by atoms with Gasteiger partial charge in [-0.15, -0.1) is 0 Å². The van der Waals surface area contributed by atoms with Crippen molar-refractivity contribution in [1.29, 1.82) is 0 Å². The molecule has 0 aliphatic carbocycles. The summed E-state index contributed by atoms with van der Waals surface area (Å²) in [6.45, 7) is 5.73. The molecule has 1 aromatic rings. The summed E-state index contributed by atoms with van der Waals surface area (Å²) in [7, 11) is 0. The highest BCUT2D eigenvalue weighted by molar-refractivity contribution is 5.76. The number of hydrogen-bond donors (Lipinski definition) is 0. The van der Waals surface area contributed by atoms with Gasteiger partial charge in [-0.05, 0) is 33.2 Å². The summed E-state index contributed by atoms with van der Waals surface area (Å²) < 4.78 is 10.2. The van der Waals surface area contributed by atoms with Crippen LogP contribution in [0.2, 0.25) is 0 Å². The van der Waals surface area contributed by atoms with Gasteiger partial charge in [0.2, 0.25) is 0 Å². The van der Waals surface area contributed by atoms with Gasteiger partial charge >= 0.3 is 5.97 Å². The molecule has 1 aliphatic rings. The zero-order chi connectivity index (χ0) is 12.3. The van der Waals surface area contributed by atoms with Crippen LogP contribution in [0.25, 0.3) is 0 Å². The maximum atomic E-state index is 11.8. The maximum Gasteiger partial charge on any atom is 0.323 e. The van der Waals surface area contributed by atoms with E-state index in [1.165, 1.54) is 6.39 Å². The number of carbonyl (C=O) groups excluding carboxylic acids is 1. The SMILES string of the molecule is CCOC(=O)C1CCCN1Cc1ncoc1C. The molecule has 5 heteroatoms. The van der Waals surface area contributed by atoms with E-state index in [2.05, 4.69) is 9.88 Å². The van der Waals surface area contributed by atoms with Crippen LogP contribution in [0.5, 0.6) is 0 Å². The van der Waals surface area contributed by atoms with E-state index in [1.807, 2.05) is 13.8 Å². The quantitative estimate of drug-likeness (QED) is 0.744. The number of carbonyl (C=O) groups is 1. The average Bonchev–Trinajstić information content (AvgIpc) is 2.90. The number of oxazole rings is 1. The number of esters is 1. The van der Waals surface area contributed by atoms with E-state index >= 15 is 0 Å². The summed E-state index contributed by atoms with van der Waals surface area (Å²) in [6, 6.07) is -0.119. The van der Waals surface area contributed by atoms with Crippen LogP contribution in [-0.2, 0) is 16.1 Å². The predicted octanol–water partition coefficient (Wildman–Crippen LogP) is 1.51. The Morgan fingerprint density at radius 1 is 1.71 bits per heavy atom. The highest BCUT2D eigenvalue weighted by atomic mass is 16.5. The molecule has 1 saturated heterocycles. The Bertz CT molecular complexity index is 389. The van der Waals surface area contributed by atoms with Crippen molar-refractivity contribution in [1.82, 2.24) is 9.88 Å². The van der Waals surface area contributed by atoms with Gasteiger partial charge in [0.15, 0.2) is 6.39 Å². The number of hydrogen-bond acceptors (Lipinski definition) is 5. The van der Waals surface area contributed by atoms with E-state index in [0.717, 1.165) is 30.8 Å². The van der Waals surface area contributed by atoms with Crippen LogP contribution >= 0.6 is 0 Å². The van der Waals surface area contributed by atoms with Gasteiger partial charge in [-0.1, -0.05) is 0 Å². The minimum Gasteiger partial charge on any atom is -0.465 e. The van der Waals surface area contributed by atoms with Crippen molar-refractivity contribution in [2.45, 2.75) is 39.3 Å². The van der Waals surface area contributed by atoms with Crippen molar-refractivity contribution < 1.29 is 13.9 Å². The Hall–Kier alpha value is -1.36. The second kappa shape index (κ2) is 5.31. The van der Waals surface area contributed by atoms with Crippen molar-refractivity contribution in [3.8, 4) is 0 Å². The van der Waals surface area contributed by atoms with Crippen molar-refractivity contribution in [2.75, 3.05) is 13.2 Å². The molecule has 17 heavy (non-hydrogen) atoms. The van der Waals surface area contributed by atoms with Crippen LogP contribution in [0.1, 0.15) is 31.2 Å². The van der Waals surface area contributed by atoms with Gasteiger partial charge in [-0.3, -0.25) is 9.69 Å². The fourth-order valence-electron chi connectivity index (χ4n) is 2.19. The molecule has 0 saturated carbocycles. The number of likely N-dealkylation sites (tertiary alicyclic amines) is 1. The summed E-state index contributed by atoms with van der Waals surface area (Å²) >= 11 is 0. The molecule has 1 fully saturated rings. The van der Waals surface area contributed by atoms with Crippen LogP contribution in [0.15, 0.2) is 10.8 Å². The Morgan fingerprint density at radius 3 is 3.18 bits per heavy atom. The second-order valence-corrected chi connectivity index (χ2v) is 4.24. The highest BCUT2D eigenvalue weighted by Crippen LogP contribution is 2.21. The third-order valence-corrected chi connectivity index (χ3v) is 3.12. The molecular formula is C12H18N2O3. The minimum absolute atomic E-state index is 0.119. The largest absolute Gasteiger partial charge is 0.465 e. The molecular weight excluding hydrogens is 220 g/mol. The Kier molecular flexibility index (Phi) is 3.78. The van der Waals surface area contributed by atoms with Crippen LogP contribution < -0.4 is 0 Å². The monoisotopic (exact) mass is 238 g/mol. The summed E-state index contributed by atoms with van der Waals surface area (Å²) in [6.07, 6.45) is 3.34. The Balaban J connectivity index is 2.00. The standard InChI is InChI=1S/C12H18N2O3/c1-3-16-12(15)11-5-4-6-14(11)7-10-9(2)17-8-13-10/h8,11H,3-7H2,1-2H3. The van der Waals surface area contributed by atoms with E-state index in [4.69, 9.17) is 9.15 Å². The van der Waals surface area contributed by atoms with E-state index in [0.29, 0.717) is 13.2 Å². The fraction of sp³-hybridized carbons (Fsp3) is 0.667. The number of rotatable bonds is 4. The van der Waals surface area contributed by atoms with Gasteiger partial charge in [0.1, 0.15) is 11.8 Å². The van der Waals surface area contributed by atoms with Gasteiger partial charge in [-0.25, -0.2) is 4.98 Å². The summed E-state index contributed by atoms with van der Waals surface area (Å²) in [4.78, 5) is 18.0.